The first kappa shape index (κ1) is 17.6. The second-order valence-electron chi connectivity index (χ2n) is 5.28. The summed E-state index contributed by atoms with van der Waals surface area (Å²) in [6.45, 7) is 2.08. The quantitative estimate of drug-likeness (QED) is 0.817. The highest BCUT2D eigenvalue weighted by atomic mass is 16.5. The second kappa shape index (κ2) is 8.79. The Bertz CT molecular complexity index is 689. The van der Waals surface area contributed by atoms with Gasteiger partial charge in [-0.2, -0.15) is 0 Å². The molecule has 2 amide bonds. The summed E-state index contributed by atoms with van der Waals surface area (Å²) in [5.74, 6) is 0.0256. The summed E-state index contributed by atoms with van der Waals surface area (Å²) in [5, 5.41) is 5.41. The van der Waals surface area contributed by atoms with Crippen LogP contribution in [0.1, 0.15) is 23.8 Å². The second-order valence-corrected chi connectivity index (χ2v) is 5.28. The van der Waals surface area contributed by atoms with E-state index in [0.717, 1.165) is 11.3 Å². The zero-order valence-electron chi connectivity index (χ0n) is 13.8. The van der Waals surface area contributed by atoms with Gasteiger partial charge in [-0.3, -0.25) is 9.59 Å². The maximum atomic E-state index is 12.2. The van der Waals surface area contributed by atoms with E-state index >= 15 is 0 Å². The number of nitrogens with one attached hydrogen (secondary N) is 2. The number of hydrogen-bond acceptors (Lipinski definition) is 4. The molecule has 24 heavy (non-hydrogen) atoms. The molecule has 0 spiro atoms. The van der Waals surface area contributed by atoms with Crippen molar-refractivity contribution in [3.63, 3.8) is 0 Å². The number of aromatic nitrogens is 1. The van der Waals surface area contributed by atoms with Crippen LogP contribution in [0.3, 0.4) is 0 Å². The number of pyridine rings is 1. The summed E-state index contributed by atoms with van der Waals surface area (Å²) in [6, 6.07) is 14.6. The predicted molar refractivity (Wildman–Crippen MR) is 91.4 cm³/mol. The third-order valence-corrected chi connectivity index (χ3v) is 3.38. The number of benzene rings is 1. The van der Waals surface area contributed by atoms with E-state index in [1.807, 2.05) is 49.4 Å². The largest absolute Gasteiger partial charge is 0.367 e. The average molecular weight is 327 g/mol. The molecule has 1 heterocycles. The van der Waals surface area contributed by atoms with Crippen molar-refractivity contribution in [2.45, 2.75) is 19.4 Å². The van der Waals surface area contributed by atoms with Crippen molar-refractivity contribution in [3.8, 4) is 0 Å². The van der Waals surface area contributed by atoms with Gasteiger partial charge in [0.05, 0.1) is 0 Å². The fourth-order valence-corrected chi connectivity index (χ4v) is 2.23. The van der Waals surface area contributed by atoms with Gasteiger partial charge in [-0.1, -0.05) is 36.4 Å². The minimum atomic E-state index is -0.687. The molecule has 1 unspecified atom stereocenters. The molecule has 1 atom stereocenters. The SMILES string of the molecule is COC(C(=O)NCCC(=O)Nc1cccc(C)n1)c1ccccc1. The lowest BCUT2D eigenvalue weighted by atomic mass is 10.1. The van der Waals surface area contributed by atoms with E-state index in [1.165, 1.54) is 7.11 Å². The van der Waals surface area contributed by atoms with Crippen LogP contribution in [0.2, 0.25) is 0 Å². The molecule has 2 N–H and O–H groups in total. The van der Waals surface area contributed by atoms with Gasteiger partial charge in [-0.25, -0.2) is 4.98 Å². The molecule has 6 nitrogen and oxygen atoms in total. The van der Waals surface area contributed by atoms with Gasteiger partial charge in [0.15, 0.2) is 6.10 Å². The van der Waals surface area contributed by atoms with E-state index in [2.05, 4.69) is 15.6 Å². The summed E-state index contributed by atoms with van der Waals surface area (Å²) < 4.78 is 5.24. The fraction of sp³-hybridized carbons (Fsp3) is 0.278. The molecular weight excluding hydrogens is 306 g/mol. The van der Waals surface area contributed by atoms with E-state index in [0.29, 0.717) is 5.82 Å². The van der Waals surface area contributed by atoms with E-state index in [-0.39, 0.29) is 24.8 Å². The van der Waals surface area contributed by atoms with Gasteiger partial charge in [0, 0.05) is 25.8 Å². The van der Waals surface area contributed by atoms with Crippen LogP contribution < -0.4 is 10.6 Å². The van der Waals surface area contributed by atoms with E-state index < -0.39 is 6.10 Å². The standard InChI is InChI=1S/C18H21N3O3/c1-13-7-6-10-15(20-13)21-16(22)11-12-19-18(23)17(24-2)14-8-4-3-5-9-14/h3-10,17H,11-12H2,1-2H3,(H,19,23)(H,20,21,22). The van der Waals surface area contributed by atoms with Gasteiger partial charge in [0.2, 0.25) is 5.91 Å². The van der Waals surface area contributed by atoms with Gasteiger partial charge in [0.25, 0.3) is 5.91 Å². The molecule has 0 saturated heterocycles. The van der Waals surface area contributed by atoms with Crippen LogP contribution in [0.5, 0.6) is 0 Å². The summed E-state index contributed by atoms with van der Waals surface area (Å²) in [5.41, 5.74) is 1.60. The Balaban J connectivity index is 1.80. The minimum absolute atomic E-state index is 0.159. The molecule has 126 valence electrons. The van der Waals surface area contributed by atoms with Gasteiger partial charge in [-0.15, -0.1) is 0 Å². The van der Waals surface area contributed by atoms with Crippen molar-refractivity contribution in [2.24, 2.45) is 0 Å². The molecule has 0 fully saturated rings. The van der Waals surface area contributed by atoms with E-state index in [4.69, 9.17) is 4.74 Å². The Kier molecular flexibility index (Phi) is 6.45. The van der Waals surface area contributed by atoms with Crippen LogP contribution in [0.4, 0.5) is 5.82 Å². The molecular formula is C18H21N3O3. The van der Waals surface area contributed by atoms with E-state index in [9.17, 15) is 9.59 Å². The molecule has 0 radical (unpaired) electrons. The van der Waals surface area contributed by atoms with Crippen molar-refractivity contribution < 1.29 is 14.3 Å². The number of hydrogen-bond donors (Lipinski definition) is 2. The molecule has 2 aromatic rings. The van der Waals surface area contributed by atoms with Crippen molar-refractivity contribution in [1.82, 2.24) is 10.3 Å². The Morgan fingerprint density at radius 1 is 1.12 bits per heavy atom. The number of nitrogens with zero attached hydrogens (tertiary/aromatic N) is 1. The average Bonchev–Trinajstić information content (AvgIpc) is 2.56. The number of ether oxygens (including phenoxy) is 1. The molecule has 0 saturated carbocycles. The molecule has 0 aliphatic carbocycles. The van der Waals surface area contributed by atoms with Crippen molar-refractivity contribution >= 4 is 17.6 Å². The third-order valence-electron chi connectivity index (χ3n) is 3.38. The first-order chi connectivity index (χ1) is 11.6. The highest BCUT2D eigenvalue weighted by molar-refractivity contribution is 5.90. The lowest BCUT2D eigenvalue weighted by Gasteiger charge is -2.15. The van der Waals surface area contributed by atoms with Crippen LogP contribution in [-0.2, 0) is 14.3 Å². The number of carbonyl (C=O) groups is 2. The summed E-state index contributed by atoms with van der Waals surface area (Å²) in [7, 11) is 1.48. The lowest BCUT2D eigenvalue weighted by molar-refractivity contribution is -0.131. The molecule has 1 aromatic carbocycles. The van der Waals surface area contributed by atoms with Crippen LogP contribution in [0.25, 0.3) is 0 Å². The van der Waals surface area contributed by atoms with Gasteiger partial charge < -0.3 is 15.4 Å². The Morgan fingerprint density at radius 3 is 2.54 bits per heavy atom. The summed E-state index contributed by atoms with van der Waals surface area (Å²) in [4.78, 5) is 28.3. The number of methoxy groups -OCH3 is 1. The monoisotopic (exact) mass is 327 g/mol. The van der Waals surface area contributed by atoms with Crippen LogP contribution in [-0.4, -0.2) is 30.5 Å². The smallest absolute Gasteiger partial charge is 0.253 e. The van der Waals surface area contributed by atoms with Gasteiger partial charge in [0.1, 0.15) is 5.82 Å². The van der Waals surface area contributed by atoms with Crippen molar-refractivity contribution in [3.05, 3.63) is 59.8 Å². The number of carbonyl (C=O) groups excluding carboxylic acids is 2. The van der Waals surface area contributed by atoms with Crippen LogP contribution >= 0.6 is 0 Å². The van der Waals surface area contributed by atoms with Crippen molar-refractivity contribution in [2.75, 3.05) is 19.0 Å². The highest BCUT2D eigenvalue weighted by Crippen LogP contribution is 2.16. The maximum absolute atomic E-state index is 12.2. The molecule has 2 rings (SSSR count). The maximum Gasteiger partial charge on any atom is 0.253 e. The molecule has 0 bridgehead atoms. The lowest BCUT2D eigenvalue weighted by Crippen LogP contribution is -2.32. The normalized spacial score (nSPS) is 11.6. The summed E-state index contributed by atoms with van der Waals surface area (Å²) >= 11 is 0. The molecule has 0 aliphatic rings. The van der Waals surface area contributed by atoms with Gasteiger partial charge >= 0.3 is 0 Å². The Hall–Kier alpha value is -2.73. The van der Waals surface area contributed by atoms with Crippen LogP contribution in [0.15, 0.2) is 48.5 Å². The third kappa shape index (κ3) is 5.17. The predicted octanol–water partition coefficient (Wildman–Crippen LogP) is 2.22. The first-order valence-electron chi connectivity index (χ1n) is 7.69. The van der Waals surface area contributed by atoms with Crippen LogP contribution in [0, 0.1) is 6.92 Å². The Labute approximate surface area is 141 Å². The van der Waals surface area contributed by atoms with Crippen molar-refractivity contribution in [1.29, 1.82) is 0 Å². The molecule has 1 aromatic heterocycles. The number of aryl methyl sites for hydroxylation is 1. The molecule has 6 heteroatoms. The first-order valence-corrected chi connectivity index (χ1v) is 7.69. The fourth-order valence-electron chi connectivity index (χ4n) is 2.23. The topological polar surface area (TPSA) is 80.3 Å². The number of rotatable bonds is 7. The molecule has 0 aliphatic heterocycles. The highest BCUT2D eigenvalue weighted by Gasteiger charge is 2.19. The zero-order valence-corrected chi connectivity index (χ0v) is 13.8. The minimum Gasteiger partial charge on any atom is -0.367 e. The Morgan fingerprint density at radius 2 is 1.88 bits per heavy atom. The summed E-state index contributed by atoms with van der Waals surface area (Å²) in [6.07, 6.45) is -0.528. The zero-order chi connectivity index (χ0) is 17.4. The van der Waals surface area contributed by atoms with Gasteiger partial charge in [-0.05, 0) is 24.6 Å². The number of amides is 2. The van der Waals surface area contributed by atoms with E-state index in [1.54, 1.807) is 6.07 Å². The number of anilines is 1.